The van der Waals surface area contributed by atoms with Gasteiger partial charge in [-0.15, -0.1) is 0 Å². The van der Waals surface area contributed by atoms with Crippen molar-refractivity contribution in [3.05, 3.63) is 0 Å². The Labute approximate surface area is 181 Å². The fourth-order valence-corrected chi connectivity index (χ4v) is 2.58. The van der Waals surface area contributed by atoms with E-state index in [-0.39, 0.29) is 40.8 Å². The van der Waals surface area contributed by atoms with Gasteiger partial charge in [0, 0.05) is 6.61 Å². The van der Waals surface area contributed by atoms with Gasteiger partial charge in [0.05, 0.1) is 0 Å². The topological polar surface area (TPSA) is 102 Å². The summed E-state index contributed by atoms with van der Waals surface area (Å²) in [5.41, 5.74) is 0. The summed E-state index contributed by atoms with van der Waals surface area (Å²) in [6.07, 6.45) is 14.5. The molecule has 0 aliphatic heterocycles. The third kappa shape index (κ3) is 27.2. The average Bonchev–Trinajstić information content (AvgIpc) is 2.73. The molecule has 0 radical (unpaired) electrons. The molecule has 0 saturated carbocycles. The number of hydrogen-bond donors (Lipinski definition) is 1. The van der Waals surface area contributed by atoms with Crippen LogP contribution in [-0.2, 0) is 38.0 Å². The van der Waals surface area contributed by atoms with Gasteiger partial charge in [-0.05, 0) is 6.42 Å². The first kappa shape index (κ1) is 29.2. The van der Waals surface area contributed by atoms with Gasteiger partial charge in [0.1, 0.15) is 20.2 Å². The number of carboxylic acids is 1. The third-order valence-corrected chi connectivity index (χ3v) is 4.12. The van der Waals surface area contributed by atoms with Gasteiger partial charge in [0.2, 0.25) is 0 Å². The maximum Gasteiger partial charge on any atom is 0.329 e. The summed E-state index contributed by atoms with van der Waals surface area (Å²) in [5.74, 6) is -1.05. The van der Waals surface area contributed by atoms with Gasteiger partial charge < -0.3 is 38.3 Å². The van der Waals surface area contributed by atoms with E-state index in [1.165, 1.54) is 64.2 Å². The molecule has 0 spiro atoms. The van der Waals surface area contributed by atoms with Crippen molar-refractivity contribution in [2.75, 3.05) is 54.0 Å². The van der Waals surface area contributed by atoms with Crippen LogP contribution in [0.3, 0.4) is 0 Å². The Morgan fingerprint density at radius 2 is 0.900 bits per heavy atom. The average molecular weight is 439 g/mol. The van der Waals surface area contributed by atoms with E-state index < -0.39 is 12.6 Å². The van der Waals surface area contributed by atoms with E-state index in [1.807, 2.05) is 0 Å². The molecule has 30 heavy (non-hydrogen) atoms. The standard InChI is InChI=1S/C21H42O9/c1-2-3-4-5-6-7-8-9-10-11-12-13-24-15-26-17-28-19-30-20-29-18-27-16-25-14-21(22)23/h2-20H2,1H3,(H,22,23). The molecule has 0 rings (SSSR count). The molecule has 0 heterocycles. The van der Waals surface area contributed by atoms with Crippen LogP contribution in [0.1, 0.15) is 77.6 Å². The van der Waals surface area contributed by atoms with Crippen LogP contribution in [0.15, 0.2) is 0 Å². The molecular formula is C21H42O9. The molecule has 0 aliphatic rings. The molecule has 0 fully saturated rings. The highest BCUT2D eigenvalue weighted by Crippen LogP contribution is 2.11. The van der Waals surface area contributed by atoms with Gasteiger partial charge in [-0.2, -0.15) is 0 Å². The van der Waals surface area contributed by atoms with Crippen molar-refractivity contribution in [2.45, 2.75) is 77.6 Å². The second kappa shape index (κ2) is 26.2. The van der Waals surface area contributed by atoms with Crippen LogP contribution in [-0.4, -0.2) is 65.0 Å². The van der Waals surface area contributed by atoms with Gasteiger partial charge in [-0.25, -0.2) is 4.79 Å². The zero-order chi connectivity index (χ0) is 22.0. The number of carbonyl (C=O) groups is 1. The fraction of sp³-hybridized carbons (Fsp3) is 0.952. The minimum Gasteiger partial charge on any atom is -0.480 e. The summed E-state index contributed by atoms with van der Waals surface area (Å²) >= 11 is 0. The minimum atomic E-state index is -1.05. The molecule has 0 aromatic rings. The molecule has 180 valence electrons. The highest BCUT2D eigenvalue weighted by molar-refractivity contribution is 5.67. The molecule has 0 amide bonds. The van der Waals surface area contributed by atoms with Crippen molar-refractivity contribution in [3.8, 4) is 0 Å². The molecule has 0 unspecified atom stereocenters. The lowest BCUT2D eigenvalue weighted by molar-refractivity contribution is -0.215. The Kier molecular flexibility index (Phi) is 25.5. The highest BCUT2D eigenvalue weighted by Gasteiger charge is 1.96. The van der Waals surface area contributed by atoms with Gasteiger partial charge in [0.25, 0.3) is 0 Å². The Bertz CT molecular complexity index is 342. The minimum absolute atomic E-state index is 0.0196. The summed E-state index contributed by atoms with van der Waals surface area (Å²) in [7, 11) is 0. The van der Waals surface area contributed by atoms with E-state index in [4.69, 9.17) is 33.5 Å². The second-order valence-corrected chi connectivity index (χ2v) is 6.91. The molecule has 0 bridgehead atoms. The number of ether oxygens (including phenoxy) is 7. The first-order valence-electron chi connectivity index (χ1n) is 11.0. The molecule has 0 aromatic carbocycles. The summed E-state index contributed by atoms with van der Waals surface area (Å²) < 4.78 is 35.1. The fourth-order valence-electron chi connectivity index (χ4n) is 2.58. The van der Waals surface area contributed by atoms with Crippen LogP contribution in [0, 0.1) is 0 Å². The highest BCUT2D eigenvalue weighted by atomic mass is 16.8. The van der Waals surface area contributed by atoms with E-state index in [2.05, 4.69) is 11.7 Å². The summed E-state index contributed by atoms with van der Waals surface area (Å²) in [4.78, 5) is 10.2. The van der Waals surface area contributed by atoms with Gasteiger partial charge in [-0.1, -0.05) is 71.1 Å². The molecule has 9 heteroatoms. The number of aliphatic carboxylic acids is 1. The normalized spacial score (nSPS) is 11.2. The number of rotatable bonds is 26. The lowest BCUT2D eigenvalue weighted by atomic mass is 10.1. The maximum absolute atomic E-state index is 10.2. The Hall–Kier alpha value is -0.810. The zero-order valence-corrected chi connectivity index (χ0v) is 18.6. The van der Waals surface area contributed by atoms with Gasteiger partial charge in [0.15, 0.2) is 27.2 Å². The summed E-state index contributed by atoms with van der Waals surface area (Å²) in [6.45, 7) is 2.62. The predicted octanol–water partition coefficient (Wildman–Crippen LogP) is 4.24. The number of carboxylic acid groups (broad SMARTS) is 1. The van der Waals surface area contributed by atoms with Crippen molar-refractivity contribution in [2.24, 2.45) is 0 Å². The van der Waals surface area contributed by atoms with Crippen molar-refractivity contribution < 1.29 is 43.1 Å². The van der Waals surface area contributed by atoms with Crippen molar-refractivity contribution in [1.29, 1.82) is 0 Å². The van der Waals surface area contributed by atoms with Crippen LogP contribution in [0.2, 0.25) is 0 Å². The number of hydrogen-bond acceptors (Lipinski definition) is 8. The summed E-state index contributed by atoms with van der Waals surface area (Å²) in [5, 5.41) is 8.33. The molecule has 0 aliphatic carbocycles. The van der Waals surface area contributed by atoms with Crippen LogP contribution in [0.5, 0.6) is 0 Å². The molecule has 1 N–H and O–H groups in total. The van der Waals surface area contributed by atoms with E-state index >= 15 is 0 Å². The molecule has 0 saturated heterocycles. The second-order valence-electron chi connectivity index (χ2n) is 6.91. The first-order chi connectivity index (χ1) is 14.8. The molecule has 0 atom stereocenters. The first-order valence-corrected chi connectivity index (χ1v) is 11.0. The Morgan fingerprint density at radius 3 is 1.33 bits per heavy atom. The van der Waals surface area contributed by atoms with E-state index in [1.54, 1.807) is 0 Å². The van der Waals surface area contributed by atoms with E-state index in [9.17, 15) is 4.79 Å². The SMILES string of the molecule is CCCCCCCCCCCCCOCOCOCOCOCOCOCC(=O)O. The molecular weight excluding hydrogens is 396 g/mol. The van der Waals surface area contributed by atoms with Crippen molar-refractivity contribution in [3.63, 3.8) is 0 Å². The third-order valence-electron chi connectivity index (χ3n) is 4.12. The summed E-state index contributed by atoms with van der Waals surface area (Å²) in [6, 6.07) is 0. The van der Waals surface area contributed by atoms with E-state index in [0.717, 1.165) is 6.42 Å². The van der Waals surface area contributed by atoms with Crippen LogP contribution in [0.4, 0.5) is 0 Å². The maximum atomic E-state index is 10.2. The van der Waals surface area contributed by atoms with Crippen LogP contribution < -0.4 is 0 Å². The lowest BCUT2D eigenvalue weighted by Gasteiger charge is -2.08. The van der Waals surface area contributed by atoms with Crippen LogP contribution in [0.25, 0.3) is 0 Å². The largest absolute Gasteiger partial charge is 0.480 e. The van der Waals surface area contributed by atoms with Gasteiger partial charge in [-0.3, -0.25) is 0 Å². The smallest absolute Gasteiger partial charge is 0.329 e. The van der Waals surface area contributed by atoms with Crippen molar-refractivity contribution >= 4 is 5.97 Å². The predicted molar refractivity (Wildman–Crippen MR) is 111 cm³/mol. The van der Waals surface area contributed by atoms with Crippen molar-refractivity contribution in [1.82, 2.24) is 0 Å². The molecule has 9 nitrogen and oxygen atoms in total. The zero-order valence-electron chi connectivity index (χ0n) is 18.6. The number of unbranched alkanes of at least 4 members (excludes halogenated alkanes) is 10. The van der Waals surface area contributed by atoms with Crippen LogP contribution >= 0.6 is 0 Å². The lowest BCUT2D eigenvalue weighted by Crippen LogP contribution is -2.13. The Balaban J connectivity index is 2.99. The Morgan fingerprint density at radius 1 is 0.533 bits per heavy atom. The monoisotopic (exact) mass is 438 g/mol. The quantitative estimate of drug-likeness (QED) is 0.157. The van der Waals surface area contributed by atoms with E-state index in [0.29, 0.717) is 6.61 Å². The molecule has 0 aromatic heterocycles. The van der Waals surface area contributed by atoms with Gasteiger partial charge >= 0.3 is 5.97 Å².